The fourth-order valence-corrected chi connectivity index (χ4v) is 1.62. The molecule has 0 saturated heterocycles. The third-order valence-corrected chi connectivity index (χ3v) is 2.73. The first-order valence-corrected chi connectivity index (χ1v) is 6.09. The molecule has 0 spiro atoms. The lowest BCUT2D eigenvalue weighted by Crippen LogP contribution is -2.00. The maximum atomic E-state index is 11.1. The van der Waals surface area contributed by atoms with Crippen LogP contribution in [0.3, 0.4) is 0 Å². The fourth-order valence-electron chi connectivity index (χ4n) is 1.62. The van der Waals surface area contributed by atoms with Gasteiger partial charge < -0.3 is 5.11 Å². The van der Waals surface area contributed by atoms with Crippen molar-refractivity contribution in [1.82, 2.24) is 0 Å². The highest BCUT2D eigenvalue weighted by Crippen LogP contribution is 2.14. The molecule has 0 heterocycles. The van der Waals surface area contributed by atoms with Crippen LogP contribution in [0.15, 0.2) is 29.8 Å². The highest BCUT2D eigenvalue weighted by molar-refractivity contribution is 5.95. The number of carbonyl (C=O) groups is 2. The predicted molar refractivity (Wildman–Crippen MR) is 71.6 cm³/mol. The van der Waals surface area contributed by atoms with Crippen LogP contribution in [-0.4, -0.2) is 16.9 Å². The Balaban J connectivity index is 2.90. The molecule has 96 valence electrons. The number of hydrogen-bond acceptors (Lipinski definition) is 2. The molecular formula is C15H18O3. The first kappa shape index (κ1) is 14.2. The number of aliphatic carboxylic acids is 1. The summed E-state index contributed by atoms with van der Waals surface area (Å²) in [5, 5.41) is 9.08. The van der Waals surface area contributed by atoms with Crippen LogP contribution in [0.1, 0.15) is 49.0 Å². The van der Waals surface area contributed by atoms with E-state index < -0.39 is 5.97 Å². The van der Waals surface area contributed by atoms with Gasteiger partial charge in [0, 0.05) is 11.1 Å². The van der Waals surface area contributed by atoms with Crippen LogP contribution in [-0.2, 0) is 4.79 Å². The smallest absolute Gasteiger partial charge is 0.331 e. The molecule has 0 aromatic heterocycles. The minimum Gasteiger partial charge on any atom is -0.478 e. The van der Waals surface area contributed by atoms with Gasteiger partial charge in [-0.05, 0) is 31.4 Å². The summed E-state index contributed by atoms with van der Waals surface area (Å²) >= 11 is 0. The second-order valence-electron chi connectivity index (χ2n) is 4.26. The van der Waals surface area contributed by atoms with Crippen LogP contribution in [0.25, 0.3) is 6.08 Å². The van der Waals surface area contributed by atoms with Crippen LogP contribution in [0.2, 0.25) is 0 Å². The van der Waals surface area contributed by atoms with Gasteiger partial charge in [0.15, 0.2) is 5.78 Å². The number of unbranched alkanes of at least 4 members (excludes halogenated alkanes) is 1. The summed E-state index contributed by atoms with van der Waals surface area (Å²) in [6.07, 6.45) is 4.07. The molecule has 0 radical (unpaired) electrons. The summed E-state index contributed by atoms with van der Waals surface area (Å²) in [7, 11) is 0. The zero-order valence-corrected chi connectivity index (χ0v) is 10.8. The molecule has 1 N–H and O–H groups in total. The zero-order valence-electron chi connectivity index (χ0n) is 10.8. The molecule has 0 unspecified atom stereocenters. The Bertz CT molecular complexity index is 455. The van der Waals surface area contributed by atoms with Gasteiger partial charge in [-0.25, -0.2) is 4.79 Å². The van der Waals surface area contributed by atoms with Crippen molar-refractivity contribution in [2.24, 2.45) is 0 Å². The summed E-state index contributed by atoms with van der Waals surface area (Å²) in [4.78, 5) is 22.2. The molecule has 0 aliphatic heterocycles. The minimum atomic E-state index is -0.876. The minimum absolute atomic E-state index is 0.00923. The molecule has 1 rings (SSSR count). The lowest BCUT2D eigenvalue weighted by atomic mass is 10.0. The number of rotatable bonds is 6. The van der Waals surface area contributed by atoms with E-state index in [2.05, 4.69) is 0 Å². The largest absolute Gasteiger partial charge is 0.478 e. The van der Waals surface area contributed by atoms with E-state index in [0.717, 1.165) is 18.4 Å². The van der Waals surface area contributed by atoms with E-state index >= 15 is 0 Å². The standard InChI is InChI=1S/C15H18O3/c1-3-4-5-14(15(17)18)10-12-6-8-13(9-7-12)11(2)16/h6-10H,3-5H2,1-2H3,(H,17,18). The number of hydrogen-bond donors (Lipinski definition) is 1. The first-order valence-electron chi connectivity index (χ1n) is 6.09. The summed E-state index contributed by atoms with van der Waals surface area (Å²) in [6.45, 7) is 3.54. The van der Waals surface area contributed by atoms with E-state index in [4.69, 9.17) is 5.11 Å². The van der Waals surface area contributed by atoms with Gasteiger partial charge in [0.1, 0.15) is 0 Å². The molecule has 0 fully saturated rings. The molecule has 0 atom stereocenters. The lowest BCUT2D eigenvalue weighted by molar-refractivity contribution is -0.132. The molecular weight excluding hydrogens is 228 g/mol. The second kappa shape index (κ2) is 6.74. The van der Waals surface area contributed by atoms with Gasteiger partial charge in [-0.1, -0.05) is 37.6 Å². The Morgan fingerprint density at radius 3 is 2.28 bits per heavy atom. The van der Waals surface area contributed by atoms with Crippen molar-refractivity contribution in [3.05, 3.63) is 41.0 Å². The van der Waals surface area contributed by atoms with Crippen molar-refractivity contribution in [2.45, 2.75) is 33.1 Å². The highest BCUT2D eigenvalue weighted by atomic mass is 16.4. The maximum Gasteiger partial charge on any atom is 0.331 e. The SMILES string of the molecule is CCCCC(=Cc1ccc(C(C)=O)cc1)C(=O)O. The molecule has 3 nitrogen and oxygen atoms in total. The summed E-state index contributed by atoms with van der Waals surface area (Å²) < 4.78 is 0. The summed E-state index contributed by atoms with van der Waals surface area (Å²) in [6, 6.07) is 6.97. The Kier molecular flexibility index (Phi) is 5.31. The topological polar surface area (TPSA) is 54.4 Å². The highest BCUT2D eigenvalue weighted by Gasteiger charge is 2.06. The van der Waals surface area contributed by atoms with Gasteiger partial charge in [-0.2, -0.15) is 0 Å². The molecule has 0 bridgehead atoms. The monoisotopic (exact) mass is 246 g/mol. The summed E-state index contributed by atoms with van der Waals surface area (Å²) in [5.74, 6) is -0.867. The van der Waals surface area contributed by atoms with E-state index in [1.165, 1.54) is 6.92 Å². The Labute approximate surface area is 107 Å². The van der Waals surface area contributed by atoms with Crippen molar-refractivity contribution < 1.29 is 14.7 Å². The van der Waals surface area contributed by atoms with Crippen LogP contribution in [0, 0.1) is 0 Å². The van der Waals surface area contributed by atoms with Crippen molar-refractivity contribution in [3.8, 4) is 0 Å². The van der Waals surface area contributed by atoms with Gasteiger partial charge >= 0.3 is 5.97 Å². The number of Topliss-reactive ketones (excluding diaryl/α,β-unsaturated/α-hetero) is 1. The number of carbonyl (C=O) groups excluding carboxylic acids is 1. The van der Waals surface area contributed by atoms with Crippen molar-refractivity contribution >= 4 is 17.8 Å². The molecule has 0 amide bonds. The fraction of sp³-hybridized carbons (Fsp3) is 0.333. The molecule has 0 aliphatic carbocycles. The van der Waals surface area contributed by atoms with Crippen molar-refractivity contribution in [2.75, 3.05) is 0 Å². The zero-order chi connectivity index (χ0) is 13.5. The van der Waals surface area contributed by atoms with Crippen LogP contribution < -0.4 is 0 Å². The third-order valence-electron chi connectivity index (χ3n) is 2.73. The quantitative estimate of drug-likeness (QED) is 0.617. The first-order chi connectivity index (χ1) is 8.54. The van der Waals surface area contributed by atoms with Crippen molar-refractivity contribution in [1.29, 1.82) is 0 Å². The molecule has 18 heavy (non-hydrogen) atoms. The normalized spacial score (nSPS) is 11.3. The van der Waals surface area contributed by atoms with Gasteiger partial charge in [-0.15, -0.1) is 0 Å². The number of carboxylic acid groups (broad SMARTS) is 1. The van der Waals surface area contributed by atoms with Crippen molar-refractivity contribution in [3.63, 3.8) is 0 Å². The average molecular weight is 246 g/mol. The summed E-state index contributed by atoms with van der Waals surface area (Å²) in [5.41, 5.74) is 1.86. The van der Waals surface area contributed by atoms with Gasteiger partial charge in [0.2, 0.25) is 0 Å². The molecule has 1 aromatic carbocycles. The van der Waals surface area contributed by atoms with Gasteiger partial charge in [0.05, 0.1) is 0 Å². The Morgan fingerprint density at radius 1 is 1.22 bits per heavy atom. The molecule has 1 aromatic rings. The Morgan fingerprint density at radius 2 is 1.83 bits per heavy atom. The third kappa shape index (κ3) is 4.17. The maximum absolute atomic E-state index is 11.1. The van der Waals surface area contributed by atoms with E-state index in [-0.39, 0.29) is 5.78 Å². The van der Waals surface area contributed by atoms with E-state index in [0.29, 0.717) is 17.6 Å². The number of carboxylic acids is 1. The number of benzene rings is 1. The van der Waals surface area contributed by atoms with E-state index in [1.807, 2.05) is 6.92 Å². The van der Waals surface area contributed by atoms with Crippen LogP contribution in [0.5, 0.6) is 0 Å². The van der Waals surface area contributed by atoms with E-state index in [9.17, 15) is 9.59 Å². The molecule has 0 aliphatic rings. The van der Waals surface area contributed by atoms with E-state index in [1.54, 1.807) is 30.3 Å². The number of ketones is 1. The second-order valence-corrected chi connectivity index (χ2v) is 4.26. The average Bonchev–Trinajstić information content (AvgIpc) is 2.34. The van der Waals surface area contributed by atoms with Gasteiger partial charge in [-0.3, -0.25) is 4.79 Å². The molecule has 3 heteroatoms. The van der Waals surface area contributed by atoms with Gasteiger partial charge in [0.25, 0.3) is 0 Å². The Hall–Kier alpha value is -1.90. The molecule has 0 saturated carbocycles. The lowest BCUT2D eigenvalue weighted by Gasteiger charge is -2.02. The predicted octanol–water partition coefficient (Wildman–Crippen LogP) is 3.55. The van der Waals surface area contributed by atoms with Crippen LogP contribution >= 0.6 is 0 Å². The van der Waals surface area contributed by atoms with Crippen LogP contribution in [0.4, 0.5) is 0 Å².